The fourth-order valence-corrected chi connectivity index (χ4v) is 3.44. The molecule has 0 spiro atoms. The van der Waals surface area contributed by atoms with Crippen LogP contribution in [0.25, 0.3) is 0 Å². The van der Waals surface area contributed by atoms with Crippen LogP contribution in [0, 0.1) is 9.81 Å². The zero-order chi connectivity index (χ0) is 8.65. The Morgan fingerprint density at radius 3 is 2.09 bits per heavy atom. The minimum absolute atomic E-state index is 0.310. The Hall–Kier alpha value is 0.430. The molecule has 0 atom stereocenters. The molecule has 0 aromatic carbocycles. The van der Waals surface area contributed by atoms with Crippen molar-refractivity contribution in [3.63, 3.8) is 0 Å². The lowest BCUT2D eigenvalue weighted by Gasteiger charge is -2.17. The van der Waals surface area contributed by atoms with E-state index in [9.17, 15) is 0 Å². The number of thiophene rings is 1. The van der Waals surface area contributed by atoms with E-state index < -0.39 is 0 Å². The van der Waals surface area contributed by atoms with Crippen LogP contribution in [-0.2, 0) is 5.41 Å². The summed E-state index contributed by atoms with van der Waals surface area (Å²) in [6.07, 6.45) is 0. The first kappa shape index (κ1) is 9.52. The Morgan fingerprint density at radius 2 is 1.91 bits per heavy atom. The molecular weight excluding hydrogens is 267 g/mol. The van der Waals surface area contributed by atoms with Gasteiger partial charge in [-0.25, -0.2) is 0 Å². The average molecular weight is 280 g/mol. The second-order valence-corrected chi connectivity index (χ2v) is 6.92. The molecule has 0 aliphatic rings. The van der Waals surface area contributed by atoms with E-state index in [-0.39, 0.29) is 0 Å². The Morgan fingerprint density at radius 1 is 1.36 bits per heavy atom. The first-order valence-electron chi connectivity index (χ1n) is 3.67. The molecule has 1 aromatic rings. The van der Waals surface area contributed by atoms with Crippen molar-refractivity contribution in [2.24, 2.45) is 0 Å². The van der Waals surface area contributed by atoms with E-state index in [1.807, 2.05) is 11.3 Å². The van der Waals surface area contributed by atoms with Gasteiger partial charge in [-0.3, -0.25) is 0 Å². The molecule has 1 aromatic heterocycles. The SMILES string of the molecule is Cc1sc(I)cc1C(C)(C)C. The van der Waals surface area contributed by atoms with E-state index in [4.69, 9.17) is 0 Å². The number of hydrogen-bond acceptors (Lipinski definition) is 1. The molecule has 0 fully saturated rings. The van der Waals surface area contributed by atoms with Gasteiger partial charge < -0.3 is 0 Å². The van der Waals surface area contributed by atoms with Gasteiger partial charge in [-0.2, -0.15) is 0 Å². The second-order valence-electron chi connectivity index (χ2n) is 3.77. The lowest BCUT2D eigenvalue weighted by molar-refractivity contribution is 0.589. The highest BCUT2D eigenvalue weighted by atomic mass is 127. The molecule has 0 saturated heterocycles. The molecule has 11 heavy (non-hydrogen) atoms. The first-order valence-corrected chi connectivity index (χ1v) is 5.57. The third-order valence-corrected chi connectivity index (χ3v) is 3.51. The second kappa shape index (κ2) is 3.05. The quantitative estimate of drug-likeness (QED) is 0.631. The molecule has 0 aliphatic carbocycles. The largest absolute Gasteiger partial charge is 0.134 e. The molecule has 0 nitrogen and oxygen atoms in total. The van der Waals surface area contributed by atoms with Gasteiger partial charge in [0, 0.05) is 4.88 Å². The van der Waals surface area contributed by atoms with Crippen molar-refractivity contribution < 1.29 is 0 Å². The smallest absolute Gasteiger partial charge is 0.0659 e. The molecule has 0 radical (unpaired) electrons. The maximum atomic E-state index is 2.38. The zero-order valence-electron chi connectivity index (χ0n) is 7.36. The van der Waals surface area contributed by atoms with Gasteiger partial charge in [-0.15, -0.1) is 11.3 Å². The summed E-state index contributed by atoms with van der Waals surface area (Å²) < 4.78 is 1.39. The summed E-state index contributed by atoms with van der Waals surface area (Å²) >= 11 is 4.27. The molecule has 2 heteroatoms. The van der Waals surface area contributed by atoms with E-state index in [1.54, 1.807) is 0 Å². The number of aryl methyl sites for hydroxylation is 1. The third-order valence-electron chi connectivity index (χ3n) is 1.70. The fourth-order valence-electron chi connectivity index (χ4n) is 1.19. The average Bonchev–Trinajstić information content (AvgIpc) is 2.08. The van der Waals surface area contributed by atoms with Gasteiger partial charge in [0.05, 0.1) is 2.88 Å². The van der Waals surface area contributed by atoms with Crippen LogP contribution in [0.15, 0.2) is 6.07 Å². The molecule has 0 aliphatic heterocycles. The molecule has 0 N–H and O–H groups in total. The topological polar surface area (TPSA) is 0 Å². The van der Waals surface area contributed by atoms with Crippen molar-refractivity contribution in [2.75, 3.05) is 0 Å². The predicted octanol–water partition coefficient (Wildman–Crippen LogP) is 3.96. The monoisotopic (exact) mass is 280 g/mol. The van der Waals surface area contributed by atoms with Crippen molar-refractivity contribution in [3.8, 4) is 0 Å². The van der Waals surface area contributed by atoms with Gasteiger partial charge in [0.2, 0.25) is 0 Å². The summed E-state index contributed by atoms with van der Waals surface area (Å²) in [4.78, 5) is 1.46. The number of hydrogen-bond donors (Lipinski definition) is 0. The maximum Gasteiger partial charge on any atom is 0.0659 e. The molecule has 0 bridgehead atoms. The molecule has 62 valence electrons. The van der Waals surface area contributed by atoms with Crippen LogP contribution in [0.2, 0.25) is 0 Å². The number of halogens is 1. The zero-order valence-corrected chi connectivity index (χ0v) is 10.3. The van der Waals surface area contributed by atoms with Crippen molar-refractivity contribution in [3.05, 3.63) is 19.4 Å². The van der Waals surface area contributed by atoms with Gasteiger partial charge in [0.15, 0.2) is 0 Å². The Bertz CT molecular complexity index is 255. The molecular formula is C9H13IS. The summed E-state index contributed by atoms with van der Waals surface area (Å²) in [5.41, 5.74) is 1.80. The van der Waals surface area contributed by atoms with Gasteiger partial charge >= 0.3 is 0 Å². The van der Waals surface area contributed by atoms with Gasteiger partial charge in [-0.05, 0) is 46.6 Å². The normalized spacial score (nSPS) is 12.1. The van der Waals surface area contributed by atoms with Crippen molar-refractivity contribution >= 4 is 33.9 Å². The minimum atomic E-state index is 0.310. The lowest BCUT2D eigenvalue weighted by atomic mass is 9.88. The van der Waals surface area contributed by atoms with Crippen LogP contribution in [0.1, 0.15) is 31.2 Å². The van der Waals surface area contributed by atoms with Crippen molar-refractivity contribution in [1.82, 2.24) is 0 Å². The fraction of sp³-hybridized carbons (Fsp3) is 0.556. The summed E-state index contributed by atoms with van der Waals surface area (Å²) in [5, 5.41) is 0. The molecule has 1 heterocycles. The number of rotatable bonds is 0. The maximum absolute atomic E-state index is 2.38. The van der Waals surface area contributed by atoms with Crippen LogP contribution in [0.4, 0.5) is 0 Å². The molecule has 0 amide bonds. The van der Waals surface area contributed by atoms with Crippen LogP contribution < -0.4 is 0 Å². The van der Waals surface area contributed by atoms with Crippen LogP contribution in [-0.4, -0.2) is 0 Å². The van der Waals surface area contributed by atoms with E-state index >= 15 is 0 Å². The van der Waals surface area contributed by atoms with Gasteiger partial charge in [0.1, 0.15) is 0 Å². The van der Waals surface area contributed by atoms with E-state index in [0.717, 1.165) is 0 Å². The lowest BCUT2D eigenvalue weighted by Crippen LogP contribution is -2.10. The Labute approximate surface area is 86.2 Å². The Kier molecular flexibility index (Phi) is 2.64. The standard InChI is InChI=1S/C9H13IS/c1-6-7(9(2,3)4)5-8(10)11-6/h5H,1-4H3. The van der Waals surface area contributed by atoms with Crippen molar-refractivity contribution in [2.45, 2.75) is 33.1 Å². The molecule has 0 unspecified atom stereocenters. The predicted molar refractivity (Wildman–Crippen MR) is 60.5 cm³/mol. The summed E-state index contributed by atoms with van der Waals surface area (Å²) in [6.45, 7) is 8.99. The Balaban J connectivity index is 3.13. The summed E-state index contributed by atoms with van der Waals surface area (Å²) in [5.74, 6) is 0. The van der Waals surface area contributed by atoms with Crippen molar-refractivity contribution in [1.29, 1.82) is 0 Å². The van der Waals surface area contributed by atoms with E-state index in [2.05, 4.69) is 56.4 Å². The summed E-state index contributed by atoms with van der Waals surface area (Å²) in [6, 6.07) is 2.29. The van der Waals surface area contributed by atoms with Crippen LogP contribution >= 0.6 is 33.9 Å². The highest BCUT2D eigenvalue weighted by Gasteiger charge is 2.17. The van der Waals surface area contributed by atoms with E-state index in [1.165, 1.54) is 13.3 Å². The molecule has 1 rings (SSSR count). The molecule has 0 saturated carbocycles. The first-order chi connectivity index (χ1) is 4.91. The van der Waals surface area contributed by atoms with E-state index in [0.29, 0.717) is 5.41 Å². The minimum Gasteiger partial charge on any atom is -0.134 e. The highest BCUT2D eigenvalue weighted by Crippen LogP contribution is 2.32. The third kappa shape index (κ3) is 2.18. The van der Waals surface area contributed by atoms with Gasteiger partial charge in [-0.1, -0.05) is 20.8 Å². The summed E-state index contributed by atoms with van der Waals surface area (Å²) in [7, 11) is 0. The van der Waals surface area contributed by atoms with Crippen LogP contribution in [0.3, 0.4) is 0 Å². The highest BCUT2D eigenvalue weighted by molar-refractivity contribution is 14.1. The van der Waals surface area contributed by atoms with Crippen LogP contribution in [0.5, 0.6) is 0 Å². The van der Waals surface area contributed by atoms with Gasteiger partial charge in [0.25, 0.3) is 0 Å².